The van der Waals surface area contributed by atoms with Gasteiger partial charge in [-0.2, -0.15) is 0 Å². The maximum atomic E-state index is 12.7. The first kappa shape index (κ1) is 25.8. The predicted molar refractivity (Wildman–Crippen MR) is 102 cm³/mol. The number of carboxylic acid groups (broad SMARTS) is 2. The molecular weight excluding hydrogens is 418 g/mol. The third-order valence-corrected chi connectivity index (χ3v) is 4.63. The normalized spacial score (nSPS) is 19.6. The van der Waals surface area contributed by atoms with E-state index in [1.807, 2.05) is 5.32 Å². The largest absolute Gasteiger partial charge is 0.481 e. The van der Waals surface area contributed by atoms with Gasteiger partial charge in [0.15, 0.2) is 0 Å². The number of aliphatic carboxylic acids is 2. The van der Waals surface area contributed by atoms with Gasteiger partial charge in [0.1, 0.15) is 18.1 Å². The van der Waals surface area contributed by atoms with Crippen LogP contribution < -0.4 is 22.1 Å². The highest BCUT2D eigenvalue weighted by Crippen LogP contribution is 2.19. The quantitative estimate of drug-likeness (QED) is 0.163. The molecule has 0 radical (unpaired) electrons. The van der Waals surface area contributed by atoms with Crippen molar-refractivity contribution in [2.75, 3.05) is 6.54 Å². The van der Waals surface area contributed by atoms with Crippen LogP contribution in [-0.4, -0.2) is 92.6 Å². The molecule has 174 valence electrons. The van der Waals surface area contributed by atoms with Crippen molar-refractivity contribution in [3.8, 4) is 0 Å². The molecule has 1 aliphatic rings. The summed E-state index contributed by atoms with van der Waals surface area (Å²) in [4.78, 5) is 71.5. The predicted octanol–water partition coefficient (Wildman–Crippen LogP) is -3.91. The lowest BCUT2D eigenvalue weighted by atomic mass is 10.1. The molecule has 0 aromatic heterocycles. The van der Waals surface area contributed by atoms with E-state index in [0.717, 1.165) is 11.8 Å². The first-order valence-corrected chi connectivity index (χ1v) is 9.42. The minimum atomic E-state index is -1.78. The zero-order valence-electron chi connectivity index (χ0n) is 16.8. The topological polar surface area (TPSA) is 242 Å². The molecule has 31 heavy (non-hydrogen) atoms. The lowest BCUT2D eigenvalue weighted by Crippen LogP contribution is -2.59. The Bertz CT molecular complexity index is 742. The number of amides is 4. The SMILES string of the molecule is CC(O)C(NC(=O)C1CCCN1C(=O)C(N)CC(N)=O)C(=O)NC(CC(=O)O)C(=O)O. The zero-order chi connectivity index (χ0) is 23.9. The highest BCUT2D eigenvalue weighted by molar-refractivity contribution is 5.96. The summed E-state index contributed by atoms with van der Waals surface area (Å²) in [5.41, 5.74) is 10.7. The summed E-state index contributed by atoms with van der Waals surface area (Å²) < 4.78 is 0. The molecule has 0 aromatic rings. The molecule has 0 aliphatic carbocycles. The van der Waals surface area contributed by atoms with Crippen LogP contribution in [0.2, 0.25) is 0 Å². The number of rotatable bonds is 11. The molecule has 1 aliphatic heterocycles. The van der Waals surface area contributed by atoms with E-state index in [1.54, 1.807) is 0 Å². The Balaban J connectivity index is 2.89. The molecule has 4 amide bonds. The van der Waals surface area contributed by atoms with E-state index in [9.17, 15) is 33.9 Å². The smallest absolute Gasteiger partial charge is 0.326 e. The maximum absolute atomic E-state index is 12.7. The van der Waals surface area contributed by atoms with Gasteiger partial charge in [0.05, 0.1) is 25.0 Å². The summed E-state index contributed by atoms with van der Waals surface area (Å²) in [6.45, 7) is 1.34. The molecule has 0 saturated carbocycles. The van der Waals surface area contributed by atoms with Crippen molar-refractivity contribution in [1.29, 1.82) is 0 Å². The van der Waals surface area contributed by atoms with Crippen LogP contribution in [0.15, 0.2) is 0 Å². The molecule has 0 spiro atoms. The fourth-order valence-electron chi connectivity index (χ4n) is 3.11. The van der Waals surface area contributed by atoms with Crippen molar-refractivity contribution >= 4 is 35.6 Å². The molecule has 14 nitrogen and oxygen atoms in total. The average molecular weight is 445 g/mol. The number of primary amides is 1. The molecule has 1 saturated heterocycles. The van der Waals surface area contributed by atoms with Gasteiger partial charge in [-0.3, -0.25) is 24.0 Å². The molecule has 1 heterocycles. The summed E-state index contributed by atoms with van der Waals surface area (Å²) in [5.74, 6) is -6.47. The van der Waals surface area contributed by atoms with Gasteiger partial charge in [-0.15, -0.1) is 0 Å². The maximum Gasteiger partial charge on any atom is 0.326 e. The third kappa shape index (κ3) is 7.49. The van der Waals surface area contributed by atoms with Gasteiger partial charge in [0.25, 0.3) is 0 Å². The highest BCUT2D eigenvalue weighted by atomic mass is 16.4. The van der Waals surface area contributed by atoms with E-state index in [1.165, 1.54) is 0 Å². The van der Waals surface area contributed by atoms with E-state index in [4.69, 9.17) is 21.7 Å². The summed E-state index contributed by atoms with van der Waals surface area (Å²) >= 11 is 0. The Labute approximate surface area is 176 Å². The Morgan fingerprint density at radius 3 is 2.19 bits per heavy atom. The number of carboxylic acids is 2. The summed E-state index contributed by atoms with van der Waals surface area (Å²) in [5, 5.41) is 31.9. The van der Waals surface area contributed by atoms with E-state index in [2.05, 4.69) is 5.32 Å². The minimum absolute atomic E-state index is 0.175. The fourth-order valence-corrected chi connectivity index (χ4v) is 3.11. The van der Waals surface area contributed by atoms with Crippen LogP contribution in [-0.2, 0) is 28.8 Å². The highest BCUT2D eigenvalue weighted by Gasteiger charge is 2.39. The number of nitrogens with one attached hydrogen (secondary N) is 2. The van der Waals surface area contributed by atoms with Crippen LogP contribution in [0.25, 0.3) is 0 Å². The number of carbonyl (C=O) groups is 6. The molecule has 0 aromatic carbocycles. The lowest BCUT2D eigenvalue weighted by molar-refractivity contribution is -0.148. The Morgan fingerprint density at radius 2 is 1.71 bits per heavy atom. The van der Waals surface area contributed by atoms with E-state index in [0.29, 0.717) is 6.42 Å². The van der Waals surface area contributed by atoms with Crippen LogP contribution in [0.1, 0.15) is 32.6 Å². The van der Waals surface area contributed by atoms with Gasteiger partial charge in [-0.25, -0.2) is 4.79 Å². The fraction of sp³-hybridized carbons (Fsp3) is 0.647. The van der Waals surface area contributed by atoms with E-state index < -0.39 is 78.7 Å². The monoisotopic (exact) mass is 445 g/mol. The molecular formula is C17H27N5O9. The standard InChI is InChI=1S/C17H27N5O9/c1-7(23)13(15(28)20-9(17(30)31)6-12(25)26)21-14(27)10-3-2-4-22(10)16(29)8(18)5-11(19)24/h7-10,13,23H,2-6,18H2,1H3,(H2,19,24)(H,20,28)(H,21,27)(H,25,26)(H,30,31). The van der Waals surface area contributed by atoms with Gasteiger partial charge in [-0.05, 0) is 19.8 Å². The average Bonchev–Trinajstić information content (AvgIpc) is 3.13. The van der Waals surface area contributed by atoms with Gasteiger partial charge in [-0.1, -0.05) is 0 Å². The summed E-state index contributed by atoms with van der Waals surface area (Å²) in [6, 6.07) is -5.66. The number of carbonyl (C=O) groups excluding carboxylic acids is 4. The van der Waals surface area contributed by atoms with Crippen molar-refractivity contribution < 1.29 is 44.1 Å². The number of nitrogens with zero attached hydrogens (tertiary/aromatic N) is 1. The van der Waals surface area contributed by atoms with Crippen LogP contribution in [0.3, 0.4) is 0 Å². The van der Waals surface area contributed by atoms with Crippen molar-refractivity contribution in [3.05, 3.63) is 0 Å². The Kier molecular flexibility index (Phi) is 9.33. The van der Waals surface area contributed by atoms with Crippen molar-refractivity contribution in [2.24, 2.45) is 11.5 Å². The second kappa shape index (κ2) is 11.2. The second-order valence-electron chi connectivity index (χ2n) is 7.19. The van der Waals surface area contributed by atoms with Gasteiger partial charge in [0, 0.05) is 6.54 Å². The van der Waals surface area contributed by atoms with Crippen molar-refractivity contribution in [1.82, 2.24) is 15.5 Å². The van der Waals surface area contributed by atoms with Crippen LogP contribution in [0.5, 0.6) is 0 Å². The number of aliphatic hydroxyl groups excluding tert-OH is 1. The van der Waals surface area contributed by atoms with Crippen LogP contribution in [0.4, 0.5) is 0 Å². The van der Waals surface area contributed by atoms with Gasteiger partial charge < -0.3 is 42.3 Å². The first-order chi connectivity index (χ1) is 14.3. The van der Waals surface area contributed by atoms with Gasteiger partial charge >= 0.3 is 11.9 Å². The minimum Gasteiger partial charge on any atom is -0.481 e. The number of hydrogen-bond donors (Lipinski definition) is 7. The molecule has 5 unspecified atom stereocenters. The van der Waals surface area contributed by atoms with Gasteiger partial charge in [0.2, 0.25) is 23.6 Å². The van der Waals surface area contributed by atoms with Crippen LogP contribution in [0, 0.1) is 0 Å². The number of nitrogens with two attached hydrogens (primary N) is 2. The number of aliphatic hydroxyl groups is 1. The van der Waals surface area contributed by atoms with Crippen molar-refractivity contribution in [3.63, 3.8) is 0 Å². The lowest BCUT2D eigenvalue weighted by Gasteiger charge is -2.29. The molecule has 14 heteroatoms. The molecule has 1 rings (SSSR count). The molecule has 1 fully saturated rings. The summed E-state index contributed by atoms with van der Waals surface area (Å²) in [7, 11) is 0. The summed E-state index contributed by atoms with van der Waals surface area (Å²) in [6.07, 6.45) is -2.12. The number of likely N-dealkylation sites (tertiary alicyclic amines) is 1. The zero-order valence-corrected chi connectivity index (χ0v) is 16.8. The Hall–Kier alpha value is -3.26. The molecule has 5 atom stereocenters. The van der Waals surface area contributed by atoms with E-state index >= 15 is 0 Å². The third-order valence-electron chi connectivity index (χ3n) is 4.63. The molecule has 9 N–H and O–H groups in total. The van der Waals surface area contributed by atoms with Crippen LogP contribution >= 0.6 is 0 Å². The Morgan fingerprint density at radius 1 is 1.10 bits per heavy atom. The second-order valence-corrected chi connectivity index (χ2v) is 7.19. The van der Waals surface area contributed by atoms with E-state index in [-0.39, 0.29) is 13.0 Å². The molecule has 0 bridgehead atoms. The number of hydrogen-bond acceptors (Lipinski definition) is 8. The first-order valence-electron chi connectivity index (χ1n) is 9.42. The van der Waals surface area contributed by atoms with Crippen molar-refractivity contribution in [2.45, 2.75) is 62.9 Å².